The number of hydrogen-bond acceptors (Lipinski definition) is 9. The van der Waals surface area contributed by atoms with Gasteiger partial charge in [-0.2, -0.15) is 0 Å². The summed E-state index contributed by atoms with van der Waals surface area (Å²) < 4.78 is 16.7. The van der Waals surface area contributed by atoms with E-state index in [0.717, 1.165) is 12.8 Å². The normalized spacial score (nSPS) is 33.1. The van der Waals surface area contributed by atoms with Gasteiger partial charge in [-0.25, -0.2) is 4.79 Å². The molecular formula is C31H45N3O8. The van der Waals surface area contributed by atoms with Gasteiger partial charge in [-0.15, -0.1) is 0 Å². The van der Waals surface area contributed by atoms with Crippen LogP contribution in [0.1, 0.15) is 66.2 Å². The number of fused-ring (bicyclic) bond motifs is 2. The van der Waals surface area contributed by atoms with Crippen LogP contribution in [0.4, 0.5) is 4.79 Å². The highest BCUT2D eigenvalue weighted by atomic mass is 16.6. The molecule has 1 saturated carbocycles. The lowest BCUT2D eigenvalue weighted by Crippen LogP contribution is -2.38. The zero-order valence-corrected chi connectivity index (χ0v) is 25.4. The van der Waals surface area contributed by atoms with E-state index in [4.69, 9.17) is 19.9 Å². The van der Waals surface area contributed by atoms with Crippen LogP contribution in [0.2, 0.25) is 0 Å². The Hall–Kier alpha value is -3.28. The standard InChI is InChI=1S/C31H45N3O8/c1-16-12-21-26(33-20-10-11-20)23(35)15-22(28(21)37)34-30(38)17(2)8-7-9-24(40-5)29(42-31(32)39)19(4)14-18(3)27(36)25(13-16)41-6/h8,14-16,18,20,24-25,27,29,33,36H,7,9-13H2,1-6H3,(H2,32,39)(H,34,38)/b17-8+,19-14+/t16-,18+,24?,25+,27-,29+/m1/s1. The molecule has 11 heteroatoms. The number of methoxy groups -OCH3 is 2. The van der Waals surface area contributed by atoms with Crippen molar-refractivity contribution in [3.05, 3.63) is 46.3 Å². The molecule has 5 N–H and O–H groups in total. The molecule has 42 heavy (non-hydrogen) atoms. The zero-order chi connectivity index (χ0) is 31.1. The number of aliphatic hydroxyl groups is 1. The molecule has 3 aliphatic rings. The van der Waals surface area contributed by atoms with Gasteiger partial charge in [-0.3, -0.25) is 14.4 Å². The number of rotatable bonds is 5. The second-order valence-corrected chi connectivity index (χ2v) is 11.7. The van der Waals surface area contributed by atoms with Gasteiger partial charge in [0.05, 0.1) is 29.7 Å². The molecule has 0 spiro atoms. The second kappa shape index (κ2) is 14.8. The second-order valence-electron chi connectivity index (χ2n) is 11.7. The Kier molecular flexibility index (Phi) is 11.7. The first kappa shape index (κ1) is 33.2. The molecule has 0 aromatic rings. The number of ketones is 2. The van der Waals surface area contributed by atoms with Crippen LogP contribution in [0.5, 0.6) is 0 Å². The van der Waals surface area contributed by atoms with Crippen molar-refractivity contribution in [2.75, 3.05) is 14.2 Å². The average molecular weight is 588 g/mol. The van der Waals surface area contributed by atoms with E-state index in [0.29, 0.717) is 36.0 Å². The molecule has 3 rings (SSSR count). The molecule has 6 atom stereocenters. The minimum Gasteiger partial charge on any atom is -0.439 e. The summed E-state index contributed by atoms with van der Waals surface area (Å²) in [5.74, 6) is -1.82. The van der Waals surface area contributed by atoms with Gasteiger partial charge in [-0.05, 0) is 63.9 Å². The van der Waals surface area contributed by atoms with Crippen LogP contribution in [0.3, 0.4) is 0 Å². The Morgan fingerprint density at radius 1 is 1.07 bits per heavy atom. The van der Waals surface area contributed by atoms with E-state index < -0.39 is 48.1 Å². The monoisotopic (exact) mass is 587 g/mol. The van der Waals surface area contributed by atoms with E-state index in [2.05, 4.69) is 10.6 Å². The minimum absolute atomic E-state index is 0.0688. The molecule has 11 nitrogen and oxygen atoms in total. The third-order valence-electron chi connectivity index (χ3n) is 8.04. The van der Waals surface area contributed by atoms with Gasteiger partial charge in [0.15, 0.2) is 6.10 Å². The van der Waals surface area contributed by atoms with Crippen molar-refractivity contribution in [2.45, 2.75) is 96.7 Å². The van der Waals surface area contributed by atoms with E-state index in [1.54, 1.807) is 19.9 Å². The van der Waals surface area contributed by atoms with Gasteiger partial charge in [-0.1, -0.05) is 26.0 Å². The van der Waals surface area contributed by atoms with Gasteiger partial charge in [0.1, 0.15) is 0 Å². The Labute approximate surface area is 247 Å². The maximum absolute atomic E-state index is 13.6. The third-order valence-corrected chi connectivity index (χ3v) is 8.04. The Morgan fingerprint density at radius 2 is 1.74 bits per heavy atom. The molecule has 0 aromatic heterocycles. The van der Waals surface area contributed by atoms with Crippen molar-refractivity contribution in [1.82, 2.24) is 10.6 Å². The van der Waals surface area contributed by atoms with Crippen LogP contribution in [0.15, 0.2) is 46.3 Å². The highest BCUT2D eigenvalue weighted by Gasteiger charge is 2.35. The number of hydrogen-bond donors (Lipinski definition) is 4. The molecule has 0 saturated heterocycles. The smallest absolute Gasteiger partial charge is 0.405 e. The van der Waals surface area contributed by atoms with Crippen LogP contribution < -0.4 is 16.4 Å². The fraction of sp³-hybridized carbons (Fsp3) is 0.613. The van der Waals surface area contributed by atoms with Crippen molar-refractivity contribution in [3.8, 4) is 0 Å². The maximum atomic E-state index is 13.6. The van der Waals surface area contributed by atoms with Crippen LogP contribution in [0, 0.1) is 11.8 Å². The number of nitrogens with one attached hydrogen (secondary N) is 2. The zero-order valence-electron chi connectivity index (χ0n) is 25.4. The summed E-state index contributed by atoms with van der Waals surface area (Å²) in [7, 11) is 3.00. The first-order chi connectivity index (χ1) is 19.9. The highest BCUT2D eigenvalue weighted by molar-refractivity contribution is 6.23. The van der Waals surface area contributed by atoms with Gasteiger partial charge >= 0.3 is 6.09 Å². The molecule has 2 bridgehead atoms. The largest absolute Gasteiger partial charge is 0.439 e. The molecule has 2 amide bonds. The number of amides is 2. The van der Waals surface area contributed by atoms with E-state index in [1.807, 2.05) is 19.9 Å². The predicted molar refractivity (Wildman–Crippen MR) is 156 cm³/mol. The lowest BCUT2D eigenvalue weighted by Gasteiger charge is -2.30. The number of carbonyl (C=O) groups excluding carboxylic acids is 4. The Balaban J connectivity index is 2.01. The van der Waals surface area contributed by atoms with Crippen LogP contribution >= 0.6 is 0 Å². The number of ether oxygens (including phenoxy) is 3. The van der Waals surface area contributed by atoms with Crippen LogP contribution in [-0.2, 0) is 28.6 Å². The fourth-order valence-electron chi connectivity index (χ4n) is 5.48. The summed E-state index contributed by atoms with van der Waals surface area (Å²) in [5, 5.41) is 17.1. The number of aliphatic hydroxyl groups excluding tert-OH is 1. The minimum atomic E-state index is -0.959. The number of nitrogens with two attached hydrogens (primary N) is 1. The molecule has 0 aromatic carbocycles. The van der Waals surface area contributed by atoms with Gasteiger partial charge in [0, 0.05) is 43.4 Å². The topological polar surface area (TPSA) is 166 Å². The van der Waals surface area contributed by atoms with Crippen molar-refractivity contribution in [3.63, 3.8) is 0 Å². The van der Waals surface area contributed by atoms with Crippen LogP contribution in [0.25, 0.3) is 0 Å². The SMILES string of the molecule is COC1CC/C=C(\C)C(=O)NC2=CC(=O)C(NC3CC3)=C(C[C@@H](C)C[C@H](OC)[C@H](O)[C@@H](C)/C=C(\C)[C@@H]1OC(N)=O)C2=O. The van der Waals surface area contributed by atoms with Crippen molar-refractivity contribution in [1.29, 1.82) is 0 Å². The van der Waals surface area contributed by atoms with E-state index in [9.17, 15) is 24.3 Å². The number of allylic oxidation sites excluding steroid dienone is 3. The van der Waals surface area contributed by atoms with E-state index in [-0.39, 0.29) is 35.6 Å². The van der Waals surface area contributed by atoms with Gasteiger partial charge < -0.3 is 35.7 Å². The summed E-state index contributed by atoms with van der Waals surface area (Å²) >= 11 is 0. The Bertz CT molecular complexity index is 1180. The highest BCUT2D eigenvalue weighted by Crippen LogP contribution is 2.31. The summed E-state index contributed by atoms with van der Waals surface area (Å²) in [6.45, 7) is 7.16. The lowest BCUT2D eigenvalue weighted by atomic mass is 9.85. The molecule has 1 unspecified atom stereocenters. The van der Waals surface area contributed by atoms with Gasteiger partial charge in [0.2, 0.25) is 11.6 Å². The summed E-state index contributed by atoms with van der Waals surface area (Å²) in [6.07, 6.45) is 4.06. The number of carbonyl (C=O) groups is 4. The van der Waals surface area contributed by atoms with E-state index in [1.165, 1.54) is 20.3 Å². The molecule has 1 aliphatic heterocycles. The van der Waals surface area contributed by atoms with Crippen LogP contribution in [-0.4, -0.2) is 73.4 Å². The average Bonchev–Trinajstić information content (AvgIpc) is 3.76. The number of primary amides is 1. The lowest BCUT2D eigenvalue weighted by molar-refractivity contribution is -0.120. The van der Waals surface area contributed by atoms with Crippen molar-refractivity contribution in [2.24, 2.45) is 17.6 Å². The third kappa shape index (κ3) is 8.62. The predicted octanol–water partition coefficient (Wildman–Crippen LogP) is 2.74. The summed E-state index contributed by atoms with van der Waals surface area (Å²) in [5.41, 5.74) is 6.90. The fourth-order valence-corrected chi connectivity index (χ4v) is 5.48. The Morgan fingerprint density at radius 3 is 2.33 bits per heavy atom. The molecule has 0 radical (unpaired) electrons. The quantitative estimate of drug-likeness (QED) is 0.279. The van der Waals surface area contributed by atoms with E-state index >= 15 is 0 Å². The summed E-state index contributed by atoms with van der Waals surface area (Å²) in [6, 6.07) is 0.147. The summed E-state index contributed by atoms with van der Waals surface area (Å²) in [4.78, 5) is 51.6. The molecule has 1 fully saturated rings. The first-order valence-electron chi connectivity index (χ1n) is 14.5. The first-order valence-corrected chi connectivity index (χ1v) is 14.5. The number of Topliss-reactive ketones (excluding diaryl/α,β-unsaturated/α-hetero) is 1. The maximum Gasteiger partial charge on any atom is 0.405 e. The molecular weight excluding hydrogens is 542 g/mol. The molecule has 2 aliphatic carbocycles. The molecule has 1 heterocycles. The van der Waals surface area contributed by atoms with Gasteiger partial charge in [0.25, 0.3) is 5.91 Å². The van der Waals surface area contributed by atoms with Crippen molar-refractivity contribution < 1.29 is 38.5 Å². The van der Waals surface area contributed by atoms with Crippen molar-refractivity contribution >= 4 is 23.6 Å². The molecule has 232 valence electrons.